The Balaban J connectivity index is 1.81. The number of nitrogens with one attached hydrogen (secondary N) is 1. The zero-order valence-corrected chi connectivity index (χ0v) is 16.0. The number of nitrogens with zero attached hydrogens (tertiary/aromatic N) is 3. The Labute approximate surface area is 165 Å². The topological polar surface area (TPSA) is 97.1 Å². The van der Waals surface area contributed by atoms with Crippen LogP contribution in [0.2, 0.25) is 0 Å². The maximum atomic E-state index is 12.2. The van der Waals surface area contributed by atoms with Gasteiger partial charge in [0.15, 0.2) is 16.5 Å². The molecule has 1 heterocycles. The lowest BCUT2D eigenvalue weighted by molar-refractivity contribution is 0.102. The van der Waals surface area contributed by atoms with Gasteiger partial charge < -0.3 is 9.47 Å². The van der Waals surface area contributed by atoms with E-state index in [1.54, 1.807) is 62.8 Å². The average Bonchev–Trinajstić information content (AvgIpc) is 3.20. The number of amides is 1. The van der Waals surface area contributed by atoms with Gasteiger partial charge in [0.2, 0.25) is 5.13 Å². The highest BCUT2D eigenvalue weighted by atomic mass is 32.1. The van der Waals surface area contributed by atoms with Crippen molar-refractivity contribution in [2.24, 2.45) is 0 Å². The van der Waals surface area contributed by atoms with E-state index < -0.39 is 0 Å². The lowest BCUT2D eigenvalue weighted by Gasteiger charge is -2.07. The van der Waals surface area contributed by atoms with Crippen molar-refractivity contribution in [3.05, 3.63) is 64.7 Å². The minimum atomic E-state index is -0.286. The van der Waals surface area contributed by atoms with Crippen molar-refractivity contribution in [2.45, 2.75) is 0 Å². The molecule has 3 aromatic rings. The smallest absolute Gasteiger partial charge is 0.257 e. The van der Waals surface area contributed by atoms with E-state index in [1.165, 1.54) is 0 Å². The molecule has 7 nitrogen and oxygen atoms in total. The van der Waals surface area contributed by atoms with E-state index in [2.05, 4.69) is 21.6 Å². The zero-order chi connectivity index (χ0) is 19.9. The number of rotatable bonds is 6. The number of hydrogen-bond donors (Lipinski definition) is 1. The quantitative estimate of drug-likeness (QED) is 0.640. The van der Waals surface area contributed by atoms with Crippen molar-refractivity contribution in [3.63, 3.8) is 0 Å². The molecule has 0 atom stereocenters. The Morgan fingerprint density at radius 3 is 2.54 bits per heavy atom. The summed E-state index contributed by atoms with van der Waals surface area (Å²) in [4.78, 5) is 12.2. The van der Waals surface area contributed by atoms with Crippen LogP contribution in [0.1, 0.15) is 20.9 Å². The summed E-state index contributed by atoms with van der Waals surface area (Å²) in [5.41, 5.74) is 1.59. The summed E-state index contributed by atoms with van der Waals surface area (Å²) in [6, 6.07) is 16.2. The van der Waals surface area contributed by atoms with Crippen LogP contribution in [0.15, 0.2) is 48.5 Å². The summed E-state index contributed by atoms with van der Waals surface area (Å²) >= 11 is 1.12. The molecule has 0 saturated heterocycles. The van der Waals surface area contributed by atoms with Gasteiger partial charge in [-0.15, -0.1) is 10.2 Å². The van der Waals surface area contributed by atoms with Gasteiger partial charge in [0.25, 0.3) is 5.91 Å². The second-order valence-corrected chi connectivity index (χ2v) is 6.49. The molecule has 1 aromatic heterocycles. The number of anilines is 1. The van der Waals surface area contributed by atoms with Crippen molar-refractivity contribution >= 4 is 34.0 Å². The molecule has 0 fully saturated rings. The summed E-state index contributed by atoms with van der Waals surface area (Å²) in [6.45, 7) is 0. The van der Waals surface area contributed by atoms with Crippen LogP contribution in [0.25, 0.3) is 11.6 Å². The first kappa shape index (κ1) is 19.1. The van der Waals surface area contributed by atoms with Crippen LogP contribution in [0, 0.1) is 11.3 Å². The first-order chi connectivity index (χ1) is 13.6. The second kappa shape index (κ2) is 8.79. The van der Waals surface area contributed by atoms with E-state index in [1.807, 2.05) is 6.07 Å². The SMILES string of the molecule is COc1ccc(/C=C(\C#N)c2nnc(NC(=O)c3ccccc3)s2)cc1OC. The van der Waals surface area contributed by atoms with Gasteiger partial charge in [-0.25, -0.2) is 0 Å². The molecule has 3 rings (SSSR count). The average molecular weight is 392 g/mol. The monoisotopic (exact) mass is 392 g/mol. The maximum absolute atomic E-state index is 12.2. The fraction of sp³-hybridized carbons (Fsp3) is 0.100. The molecule has 0 saturated carbocycles. The van der Waals surface area contributed by atoms with Crippen molar-refractivity contribution < 1.29 is 14.3 Å². The van der Waals surface area contributed by atoms with Gasteiger partial charge in [0, 0.05) is 5.56 Å². The van der Waals surface area contributed by atoms with Gasteiger partial charge in [-0.3, -0.25) is 10.1 Å². The first-order valence-corrected chi connectivity index (χ1v) is 9.00. The molecule has 2 aromatic carbocycles. The molecule has 0 aliphatic rings. The third-order valence-electron chi connectivity index (χ3n) is 3.75. The number of carbonyl (C=O) groups excluding carboxylic acids is 1. The predicted molar refractivity (Wildman–Crippen MR) is 107 cm³/mol. The van der Waals surface area contributed by atoms with Crippen LogP contribution in [0.3, 0.4) is 0 Å². The van der Waals surface area contributed by atoms with Gasteiger partial charge in [0.1, 0.15) is 6.07 Å². The molecule has 28 heavy (non-hydrogen) atoms. The summed E-state index contributed by atoms with van der Waals surface area (Å²) < 4.78 is 10.5. The molecule has 0 unspecified atom stereocenters. The number of ether oxygens (including phenoxy) is 2. The normalized spacial score (nSPS) is 10.8. The molecule has 0 radical (unpaired) electrons. The Morgan fingerprint density at radius 1 is 1.11 bits per heavy atom. The molecule has 0 spiro atoms. The van der Waals surface area contributed by atoms with E-state index in [-0.39, 0.29) is 5.91 Å². The van der Waals surface area contributed by atoms with Crippen molar-refractivity contribution in [1.82, 2.24) is 10.2 Å². The molecule has 8 heteroatoms. The van der Waals surface area contributed by atoms with Crippen LogP contribution in [-0.2, 0) is 0 Å². The van der Waals surface area contributed by atoms with Crippen LogP contribution < -0.4 is 14.8 Å². The van der Waals surface area contributed by atoms with E-state index in [4.69, 9.17) is 9.47 Å². The number of allylic oxidation sites excluding steroid dienone is 1. The molecule has 0 aliphatic heterocycles. The van der Waals surface area contributed by atoms with Gasteiger partial charge in [0.05, 0.1) is 19.8 Å². The summed E-state index contributed by atoms with van der Waals surface area (Å²) in [5, 5.41) is 20.9. The third-order valence-corrected chi connectivity index (χ3v) is 4.62. The molecular weight excluding hydrogens is 376 g/mol. The van der Waals surface area contributed by atoms with Gasteiger partial charge in [-0.2, -0.15) is 5.26 Å². The lowest BCUT2D eigenvalue weighted by atomic mass is 10.1. The molecular formula is C20H16N4O3S. The van der Waals surface area contributed by atoms with E-state index >= 15 is 0 Å². The largest absolute Gasteiger partial charge is 0.493 e. The van der Waals surface area contributed by atoms with Gasteiger partial charge in [-0.05, 0) is 35.9 Å². The van der Waals surface area contributed by atoms with Gasteiger partial charge in [-0.1, -0.05) is 35.6 Å². The van der Waals surface area contributed by atoms with Crippen LogP contribution >= 0.6 is 11.3 Å². The zero-order valence-electron chi connectivity index (χ0n) is 15.2. The number of carbonyl (C=O) groups is 1. The van der Waals surface area contributed by atoms with E-state index in [0.29, 0.717) is 32.8 Å². The molecule has 140 valence electrons. The Kier molecular flexibility index (Phi) is 5.99. The number of benzene rings is 2. The highest BCUT2D eigenvalue weighted by molar-refractivity contribution is 7.16. The highest BCUT2D eigenvalue weighted by Crippen LogP contribution is 2.30. The molecule has 0 aliphatic carbocycles. The Bertz CT molecular complexity index is 1050. The number of hydrogen-bond acceptors (Lipinski definition) is 7. The van der Waals surface area contributed by atoms with Crippen LogP contribution in [-0.4, -0.2) is 30.3 Å². The number of nitriles is 1. The summed E-state index contributed by atoms with van der Waals surface area (Å²) in [7, 11) is 3.10. The number of aromatic nitrogens is 2. The molecule has 1 N–H and O–H groups in total. The minimum absolute atomic E-state index is 0.286. The first-order valence-electron chi connectivity index (χ1n) is 8.18. The van der Waals surface area contributed by atoms with Crippen molar-refractivity contribution in [2.75, 3.05) is 19.5 Å². The summed E-state index contributed by atoms with van der Waals surface area (Å²) in [6.07, 6.45) is 1.67. The Morgan fingerprint density at radius 2 is 1.86 bits per heavy atom. The van der Waals surface area contributed by atoms with E-state index in [9.17, 15) is 10.1 Å². The van der Waals surface area contributed by atoms with E-state index in [0.717, 1.165) is 16.9 Å². The van der Waals surface area contributed by atoms with Crippen LogP contribution in [0.4, 0.5) is 5.13 Å². The maximum Gasteiger partial charge on any atom is 0.257 e. The third kappa shape index (κ3) is 4.34. The van der Waals surface area contributed by atoms with Crippen molar-refractivity contribution in [1.29, 1.82) is 5.26 Å². The standard InChI is InChI=1S/C20H16N4O3S/c1-26-16-9-8-13(11-17(16)27-2)10-15(12-21)19-23-24-20(28-19)22-18(25)14-6-4-3-5-7-14/h3-11H,1-2H3,(H,22,24,25)/b15-10+. The van der Waals surface area contributed by atoms with Gasteiger partial charge >= 0.3 is 0 Å². The highest BCUT2D eigenvalue weighted by Gasteiger charge is 2.13. The molecule has 0 bridgehead atoms. The predicted octanol–water partition coefficient (Wildman–Crippen LogP) is 3.87. The minimum Gasteiger partial charge on any atom is -0.493 e. The summed E-state index contributed by atoms with van der Waals surface area (Å²) in [5.74, 6) is 0.868. The van der Waals surface area contributed by atoms with Crippen molar-refractivity contribution in [3.8, 4) is 17.6 Å². The molecule has 1 amide bonds. The Hall–Kier alpha value is -3.70. The lowest BCUT2D eigenvalue weighted by Crippen LogP contribution is -2.11. The second-order valence-electron chi connectivity index (χ2n) is 5.52. The fourth-order valence-corrected chi connectivity index (χ4v) is 3.10. The number of methoxy groups -OCH3 is 2. The fourth-order valence-electron chi connectivity index (χ4n) is 2.39. The van der Waals surface area contributed by atoms with Crippen LogP contribution in [0.5, 0.6) is 11.5 Å².